The molecule has 0 saturated heterocycles. The predicted molar refractivity (Wildman–Crippen MR) is 177 cm³/mol. The van der Waals surface area contributed by atoms with E-state index in [9.17, 15) is 14.7 Å². The smallest absolute Gasteiger partial charge is 0.260 e. The Balaban J connectivity index is 1.75. The molecule has 0 saturated carbocycles. The molecule has 5 rings (SSSR count). The third-order valence-electron chi connectivity index (χ3n) is 7.89. The lowest BCUT2D eigenvalue weighted by molar-refractivity contribution is -0.143. The van der Waals surface area contributed by atoms with Crippen molar-refractivity contribution < 1.29 is 19.5 Å². The van der Waals surface area contributed by atoms with Crippen LogP contribution in [0.25, 0.3) is 5.70 Å². The molecule has 0 spiro atoms. The molecule has 9 nitrogen and oxygen atoms in total. The molecule has 2 unspecified atom stereocenters. The first-order chi connectivity index (χ1) is 21.4. The first kappa shape index (κ1) is 32.1. The number of carbonyl (C=O) groups excluding carboxylic acids is 3. The zero-order valence-corrected chi connectivity index (χ0v) is 27.0. The molecule has 2 aliphatic heterocycles. The number of aliphatic imine (C=N–C) groups is 1. The molecule has 3 amide bonds. The van der Waals surface area contributed by atoms with E-state index in [4.69, 9.17) is 4.99 Å². The van der Waals surface area contributed by atoms with E-state index in [0.29, 0.717) is 28.4 Å². The summed E-state index contributed by atoms with van der Waals surface area (Å²) in [5.74, 6) is -1.50. The molecule has 0 bridgehead atoms. The highest BCUT2D eigenvalue weighted by atomic mass is 32.2. The maximum absolute atomic E-state index is 15.0. The van der Waals surface area contributed by atoms with Gasteiger partial charge in [-0.05, 0) is 49.4 Å². The number of nitrogens with zero attached hydrogens (tertiary/aromatic N) is 4. The summed E-state index contributed by atoms with van der Waals surface area (Å²) in [5, 5.41) is 15.9. The molecule has 0 aliphatic carbocycles. The van der Waals surface area contributed by atoms with Crippen LogP contribution in [0.2, 0.25) is 0 Å². The number of carbonyl (C=O) groups is 3. The fourth-order valence-corrected chi connectivity index (χ4v) is 6.95. The van der Waals surface area contributed by atoms with Gasteiger partial charge < -0.3 is 15.3 Å². The number of rotatable bonds is 9. The van der Waals surface area contributed by atoms with Crippen LogP contribution in [0.5, 0.6) is 0 Å². The number of amides is 3. The van der Waals surface area contributed by atoms with Gasteiger partial charge in [-0.1, -0.05) is 86.3 Å². The topological polar surface area (TPSA) is 115 Å². The maximum atomic E-state index is 15.0. The molecule has 3 atom stereocenters. The quantitative estimate of drug-likeness (QED) is 0.332. The van der Waals surface area contributed by atoms with Gasteiger partial charge in [0.15, 0.2) is 0 Å². The van der Waals surface area contributed by atoms with Crippen molar-refractivity contribution >= 4 is 40.2 Å². The van der Waals surface area contributed by atoms with E-state index >= 15 is 4.79 Å². The summed E-state index contributed by atoms with van der Waals surface area (Å²) in [6.45, 7) is 9.59. The van der Waals surface area contributed by atoms with Crippen LogP contribution in [0.15, 0.2) is 96.4 Å². The molecule has 3 aromatic rings. The van der Waals surface area contributed by atoms with Crippen LogP contribution in [0.3, 0.4) is 0 Å². The van der Waals surface area contributed by atoms with Gasteiger partial charge in [0.05, 0.1) is 23.8 Å². The third-order valence-corrected chi connectivity index (χ3v) is 9.21. The summed E-state index contributed by atoms with van der Waals surface area (Å²) in [4.78, 5) is 53.7. The Morgan fingerprint density at radius 3 is 2.29 bits per heavy atom. The van der Waals surface area contributed by atoms with E-state index in [0.717, 1.165) is 5.56 Å². The van der Waals surface area contributed by atoms with Gasteiger partial charge in [-0.2, -0.15) is 0 Å². The van der Waals surface area contributed by atoms with Gasteiger partial charge in [-0.3, -0.25) is 29.3 Å². The Kier molecular flexibility index (Phi) is 9.27. The molecule has 1 aromatic heterocycles. The number of hydrogen-bond acceptors (Lipinski definition) is 7. The maximum Gasteiger partial charge on any atom is 0.260 e. The van der Waals surface area contributed by atoms with Crippen LogP contribution in [-0.2, 0) is 16.0 Å². The van der Waals surface area contributed by atoms with Gasteiger partial charge in [-0.25, -0.2) is 0 Å². The highest BCUT2D eigenvalue weighted by Crippen LogP contribution is 2.41. The predicted octanol–water partition coefficient (Wildman–Crippen LogP) is 4.75. The van der Waals surface area contributed by atoms with Gasteiger partial charge in [0.2, 0.25) is 11.6 Å². The second kappa shape index (κ2) is 13.0. The number of hydrogen-bond donors (Lipinski definition) is 2. The molecule has 3 heterocycles. The van der Waals surface area contributed by atoms with E-state index < -0.39 is 23.7 Å². The highest BCUT2D eigenvalue weighted by Gasteiger charge is 2.54. The van der Waals surface area contributed by atoms with Crippen molar-refractivity contribution in [2.45, 2.75) is 63.6 Å². The van der Waals surface area contributed by atoms with Gasteiger partial charge >= 0.3 is 0 Å². The average Bonchev–Trinajstić information content (AvgIpc) is 3.40. The van der Waals surface area contributed by atoms with Crippen LogP contribution in [0.1, 0.15) is 56.1 Å². The summed E-state index contributed by atoms with van der Waals surface area (Å²) >= 11 is 1.38. The highest BCUT2D eigenvalue weighted by molar-refractivity contribution is 8.15. The van der Waals surface area contributed by atoms with Crippen molar-refractivity contribution in [2.24, 2.45) is 10.9 Å². The molecule has 234 valence electrons. The summed E-state index contributed by atoms with van der Waals surface area (Å²) in [6, 6.07) is 20.3. The lowest BCUT2D eigenvalue weighted by Crippen LogP contribution is -2.69. The molecule has 2 N–H and O–H groups in total. The van der Waals surface area contributed by atoms with E-state index in [2.05, 4.69) is 10.3 Å². The minimum absolute atomic E-state index is 0.189. The summed E-state index contributed by atoms with van der Waals surface area (Å²) in [7, 11) is 0. The lowest BCUT2D eigenvalue weighted by atomic mass is 9.89. The summed E-state index contributed by atoms with van der Waals surface area (Å²) in [5.41, 5.74) is 0.247. The second-order valence-corrected chi connectivity index (χ2v) is 14.1. The third kappa shape index (κ3) is 6.72. The Morgan fingerprint density at radius 2 is 1.73 bits per heavy atom. The number of aliphatic hydroxyl groups is 1. The van der Waals surface area contributed by atoms with Crippen molar-refractivity contribution in [3.8, 4) is 0 Å². The average molecular weight is 626 g/mol. The van der Waals surface area contributed by atoms with Crippen LogP contribution < -0.4 is 5.32 Å². The second-order valence-electron chi connectivity index (χ2n) is 12.4. The van der Waals surface area contributed by atoms with Gasteiger partial charge in [0.25, 0.3) is 11.8 Å². The number of nitrogens with one attached hydrogen (secondary N) is 1. The first-order valence-corrected chi connectivity index (χ1v) is 15.8. The van der Waals surface area contributed by atoms with Crippen LogP contribution in [-0.4, -0.2) is 71.8 Å². The van der Waals surface area contributed by atoms with Crippen LogP contribution in [0.4, 0.5) is 0 Å². The SMILES string of the molecule is CC(=O)NC(O)(C1=NCC(C)(C)S1)[C@H](Cc1ccccc1)N1C(=O)C(C(C)C)N(C(=O)c2cccnc2)C=C1c1ccccc1. The lowest BCUT2D eigenvalue weighted by Gasteiger charge is -2.49. The number of benzene rings is 2. The fraction of sp³-hybridized carbons (Fsp3) is 0.343. The standard InChI is InChI=1S/C35H39N5O4S/c1-23(2)30-32(43)40(28(26-15-10-7-11-16-26)21-39(30)31(42)27-17-12-18-36-20-27)29(19-25-13-8-6-9-14-25)35(44,38-24(3)41)33-37-22-34(4,5)45-33/h6-18,20-21,23,29-30,44H,19,22H2,1-5H3,(H,38,41)/t29-,30?,35?/m0/s1. The van der Waals surface area contributed by atoms with E-state index in [1.807, 2.05) is 88.4 Å². The molecule has 2 aliphatic rings. The number of pyridine rings is 1. The Hall–Kier alpha value is -4.28. The van der Waals surface area contributed by atoms with Gasteiger partial charge in [0.1, 0.15) is 11.1 Å². The summed E-state index contributed by atoms with van der Waals surface area (Å²) < 4.78 is -0.323. The Labute approximate surface area is 268 Å². The Bertz CT molecular complexity index is 1610. The molecule has 0 radical (unpaired) electrons. The van der Waals surface area contributed by atoms with Gasteiger partial charge in [-0.15, -0.1) is 0 Å². The number of thioether (sulfide) groups is 1. The van der Waals surface area contributed by atoms with E-state index in [-0.39, 0.29) is 28.9 Å². The van der Waals surface area contributed by atoms with Crippen molar-refractivity contribution in [3.05, 3.63) is 108 Å². The first-order valence-electron chi connectivity index (χ1n) is 15.0. The largest absolute Gasteiger partial charge is 0.364 e. The Morgan fingerprint density at radius 1 is 1.07 bits per heavy atom. The van der Waals surface area contributed by atoms with Crippen molar-refractivity contribution in [3.63, 3.8) is 0 Å². The normalized spacial score (nSPS) is 19.9. The van der Waals surface area contributed by atoms with E-state index in [1.54, 1.807) is 29.4 Å². The molecule has 0 fully saturated rings. The summed E-state index contributed by atoms with van der Waals surface area (Å²) in [6.07, 6.45) is 4.95. The van der Waals surface area contributed by atoms with Crippen LogP contribution >= 0.6 is 11.8 Å². The molecular weight excluding hydrogens is 586 g/mol. The molecular formula is C35H39N5O4S. The zero-order valence-electron chi connectivity index (χ0n) is 26.2. The van der Waals surface area contributed by atoms with Crippen LogP contribution in [0, 0.1) is 5.92 Å². The minimum Gasteiger partial charge on any atom is -0.364 e. The van der Waals surface area contributed by atoms with Crippen molar-refractivity contribution in [2.75, 3.05) is 6.54 Å². The van der Waals surface area contributed by atoms with Gasteiger partial charge in [0, 0.05) is 30.3 Å². The zero-order chi connectivity index (χ0) is 32.4. The monoisotopic (exact) mass is 625 g/mol. The molecule has 2 aromatic carbocycles. The number of aromatic nitrogens is 1. The van der Waals surface area contributed by atoms with Crippen molar-refractivity contribution in [1.82, 2.24) is 20.1 Å². The molecule has 10 heteroatoms. The van der Waals surface area contributed by atoms with Crippen molar-refractivity contribution in [1.29, 1.82) is 0 Å². The minimum atomic E-state index is -2.04. The fourth-order valence-electron chi connectivity index (χ4n) is 5.83. The molecule has 45 heavy (non-hydrogen) atoms. The van der Waals surface area contributed by atoms with E-state index in [1.165, 1.54) is 29.8 Å².